The molecule has 1 saturated heterocycles. The van der Waals surface area contributed by atoms with E-state index in [1.165, 1.54) is 18.2 Å². The van der Waals surface area contributed by atoms with Gasteiger partial charge in [0.25, 0.3) is 5.69 Å². The summed E-state index contributed by atoms with van der Waals surface area (Å²) in [4.78, 5) is 17.2. The molecule has 10 heteroatoms. The molecule has 0 N–H and O–H groups in total. The van der Waals surface area contributed by atoms with Crippen molar-refractivity contribution in [3.63, 3.8) is 0 Å². The van der Waals surface area contributed by atoms with Crippen LogP contribution in [0.25, 0.3) is 11.3 Å². The van der Waals surface area contributed by atoms with Crippen LogP contribution in [-0.4, -0.2) is 36.7 Å². The van der Waals surface area contributed by atoms with Gasteiger partial charge in [-0.05, 0) is 31.0 Å². The highest BCUT2D eigenvalue weighted by atomic mass is 79.9. The van der Waals surface area contributed by atoms with Crippen LogP contribution in [0.5, 0.6) is 0 Å². The number of anilines is 1. The van der Waals surface area contributed by atoms with Crippen molar-refractivity contribution in [2.24, 2.45) is 0 Å². The van der Waals surface area contributed by atoms with Crippen LogP contribution in [0, 0.1) is 10.1 Å². The molecule has 3 aromatic rings. The number of benzene rings is 2. The van der Waals surface area contributed by atoms with Crippen molar-refractivity contribution in [2.45, 2.75) is 23.0 Å². The standard InChI is InChI=1S/C20H18BrN3O4S2/c21-15-4-1-3-14(11-15)19-13-29-20(22-19)23-9-7-17(8-10-23)30(27,28)18-6-2-5-16(12-18)24(25)26/h1-6,11-13,17H,7-10H2. The number of sulfone groups is 1. The molecular formula is C20H18BrN3O4S2. The van der Waals surface area contributed by atoms with Crippen LogP contribution < -0.4 is 4.90 Å². The minimum Gasteiger partial charge on any atom is -0.348 e. The summed E-state index contributed by atoms with van der Waals surface area (Å²) in [6, 6.07) is 13.2. The van der Waals surface area contributed by atoms with Crippen molar-refractivity contribution >= 4 is 47.9 Å². The second kappa shape index (κ2) is 8.44. The second-order valence-corrected chi connectivity index (χ2v) is 11.0. The molecule has 1 aromatic heterocycles. The van der Waals surface area contributed by atoms with Gasteiger partial charge in [0.15, 0.2) is 15.0 Å². The molecule has 7 nitrogen and oxygen atoms in total. The van der Waals surface area contributed by atoms with Gasteiger partial charge in [0, 0.05) is 40.6 Å². The maximum absolute atomic E-state index is 13.0. The van der Waals surface area contributed by atoms with Gasteiger partial charge in [-0.1, -0.05) is 34.1 Å². The molecule has 0 unspecified atom stereocenters. The third-order valence-corrected chi connectivity index (χ3v) is 8.78. The number of thiazole rings is 1. The Bertz CT molecular complexity index is 1190. The molecule has 30 heavy (non-hydrogen) atoms. The van der Waals surface area contributed by atoms with E-state index >= 15 is 0 Å². The quantitative estimate of drug-likeness (QED) is 0.359. The average molecular weight is 508 g/mol. The summed E-state index contributed by atoms with van der Waals surface area (Å²) in [6.07, 6.45) is 0.910. The van der Waals surface area contributed by atoms with Crippen molar-refractivity contribution in [2.75, 3.05) is 18.0 Å². The summed E-state index contributed by atoms with van der Waals surface area (Å²) in [7, 11) is -3.62. The molecule has 1 aliphatic heterocycles. The largest absolute Gasteiger partial charge is 0.348 e. The molecule has 2 heterocycles. The number of rotatable bonds is 5. The molecule has 0 amide bonds. The summed E-state index contributed by atoms with van der Waals surface area (Å²) in [6.45, 7) is 1.15. The minimum absolute atomic E-state index is 0.0151. The fourth-order valence-electron chi connectivity index (χ4n) is 3.51. The van der Waals surface area contributed by atoms with E-state index in [1.807, 2.05) is 29.6 Å². The SMILES string of the molecule is O=[N+]([O-])c1cccc(S(=O)(=O)C2CCN(c3nc(-c4cccc(Br)c4)cs3)CC2)c1. The molecular weight excluding hydrogens is 490 g/mol. The third kappa shape index (κ3) is 4.26. The van der Waals surface area contributed by atoms with Gasteiger partial charge in [-0.2, -0.15) is 0 Å². The maximum Gasteiger partial charge on any atom is 0.270 e. The highest BCUT2D eigenvalue weighted by molar-refractivity contribution is 9.10. The Morgan fingerprint density at radius 2 is 1.87 bits per heavy atom. The Morgan fingerprint density at radius 1 is 1.13 bits per heavy atom. The zero-order valence-electron chi connectivity index (χ0n) is 15.8. The number of nitro groups is 1. The Balaban J connectivity index is 1.46. The van der Waals surface area contributed by atoms with Gasteiger partial charge in [-0.3, -0.25) is 10.1 Å². The summed E-state index contributed by atoms with van der Waals surface area (Å²) in [5.74, 6) is 0. The van der Waals surface area contributed by atoms with Gasteiger partial charge in [0.05, 0.1) is 20.8 Å². The minimum atomic E-state index is -3.62. The third-order valence-electron chi connectivity index (χ3n) is 5.12. The van der Waals surface area contributed by atoms with E-state index in [2.05, 4.69) is 20.8 Å². The van der Waals surface area contributed by atoms with E-state index in [4.69, 9.17) is 4.98 Å². The molecule has 0 radical (unpaired) electrons. The first-order valence-corrected chi connectivity index (χ1v) is 12.5. The number of halogens is 1. The van der Waals surface area contributed by atoms with Gasteiger partial charge < -0.3 is 4.90 Å². The highest BCUT2D eigenvalue weighted by Crippen LogP contribution is 2.32. The molecule has 1 fully saturated rings. The number of aromatic nitrogens is 1. The Morgan fingerprint density at radius 3 is 2.57 bits per heavy atom. The number of hydrogen-bond donors (Lipinski definition) is 0. The van der Waals surface area contributed by atoms with Crippen LogP contribution in [0.3, 0.4) is 0 Å². The first-order chi connectivity index (χ1) is 14.3. The van der Waals surface area contributed by atoms with Crippen LogP contribution >= 0.6 is 27.3 Å². The fourth-order valence-corrected chi connectivity index (χ4v) is 6.57. The van der Waals surface area contributed by atoms with Crippen molar-refractivity contribution in [3.8, 4) is 11.3 Å². The molecule has 4 rings (SSSR count). The second-order valence-electron chi connectivity index (χ2n) is 7.01. The first-order valence-electron chi connectivity index (χ1n) is 9.29. The lowest BCUT2D eigenvalue weighted by molar-refractivity contribution is -0.385. The number of nitro benzene ring substituents is 1. The van der Waals surface area contributed by atoms with Crippen LogP contribution in [0.4, 0.5) is 10.8 Å². The highest BCUT2D eigenvalue weighted by Gasteiger charge is 2.32. The lowest BCUT2D eigenvalue weighted by Crippen LogP contribution is -2.39. The van der Waals surface area contributed by atoms with Crippen LogP contribution in [0.1, 0.15) is 12.8 Å². The molecule has 0 atom stereocenters. The summed E-state index contributed by atoms with van der Waals surface area (Å²) in [5.41, 5.74) is 1.70. The van der Waals surface area contributed by atoms with Crippen molar-refractivity contribution in [3.05, 3.63) is 68.5 Å². The van der Waals surface area contributed by atoms with Crippen LogP contribution in [-0.2, 0) is 9.84 Å². The van der Waals surface area contributed by atoms with Gasteiger partial charge >= 0.3 is 0 Å². The fraction of sp³-hybridized carbons (Fsp3) is 0.250. The zero-order valence-corrected chi connectivity index (χ0v) is 19.0. The van der Waals surface area contributed by atoms with Crippen molar-refractivity contribution in [1.82, 2.24) is 4.98 Å². The normalized spacial score (nSPS) is 15.3. The van der Waals surface area contributed by atoms with E-state index < -0.39 is 20.0 Å². The Kier molecular flexibility index (Phi) is 5.90. The van der Waals surface area contributed by atoms with Gasteiger partial charge in [-0.25, -0.2) is 13.4 Å². The van der Waals surface area contributed by atoms with Crippen LogP contribution in [0.15, 0.2) is 63.3 Å². The van der Waals surface area contributed by atoms with Gasteiger partial charge in [0.1, 0.15) is 0 Å². The average Bonchev–Trinajstić information content (AvgIpc) is 3.24. The van der Waals surface area contributed by atoms with Crippen molar-refractivity contribution < 1.29 is 13.3 Å². The van der Waals surface area contributed by atoms with E-state index in [9.17, 15) is 18.5 Å². The van der Waals surface area contributed by atoms with E-state index in [0.717, 1.165) is 26.9 Å². The lowest BCUT2D eigenvalue weighted by Gasteiger charge is -2.31. The number of non-ortho nitro benzene ring substituents is 1. The molecule has 0 saturated carbocycles. The molecule has 0 bridgehead atoms. The topological polar surface area (TPSA) is 93.4 Å². The van der Waals surface area contributed by atoms with E-state index in [0.29, 0.717) is 25.9 Å². The summed E-state index contributed by atoms with van der Waals surface area (Å²) < 4.78 is 26.9. The van der Waals surface area contributed by atoms with E-state index in [-0.39, 0.29) is 10.6 Å². The first kappa shape index (κ1) is 21.0. The summed E-state index contributed by atoms with van der Waals surface area (Å²) in [5, 5.41) is 13.3. The molecule has 156 valence electrons. The smallest absolute Gasteiger partial charge is 0.270 e. The molecule has 0 aliphatic carbocycles. The number of hydrogen-bond acceptors (Lipinski definition) is 7. The number of nitrogens with zero attached hydrogens (tertiary/aromatic N) is 3. The van der Waals surface area contributed by atoms with Crippen LogP contribution in [0.2, 0.25) is 0 Å². The van der Waals surface area contributed by atoms with Gasteiger partial charge in [-0.15, -0.1) is 11.3 Å². The Hall–Kier alpha value is -2.30. The zero-order chi connectivity index (χ0) is 21.3. The Labute approximate surface area is 186 Å². The van der Waals surface area contributed by atoms with Gasteiger partial charge in [0.2, 0.25) is 0 Å². The monoisotopic (exact) mass is 507 g/mol. The predicted molar refractivity (Wildman–Crippen MR) is 121 cm³/mol. The molecule has 0 spiro atoms. The number of piperidine rings is 1. The molecule has 1 aliphatic rings. The predicted octanol–water partition coefficient (Wildman–Crippen LogP) is 4.92. The van der Waals surface area contributed by atoms with E-state index in [1.54, 1.807) is 11.3 Å². The molecule has 2 aromatic carbocycles. The maximum atomic E-state index is 13.0. The summed E-state index contributed by atoms with van der Waals surface area (Å²) >= 11 is 5.01. The van der Waals surface area contributed by atoms with Crippen molar-refractivity contribution in [1.29, 1.82) is 0 Å². The lowest BCUT2D eigenvalue weighted by atomic mass is 10.1.